The molecule has 0 aliphatic heterocycles. The molecular weight excluding hydrogens is 260 g/mol. The second-order valence-corrected chi connectivity index (χ2v) is 6.77. The molecule has 0 aromatic heterocycles. The zero-order valence-electron chi connectivity index (χ0n) is 13.1. The van der Waals surface area contributed by atoms with Gasteiger partial charge < -0.3 is 11.1 Å². The largest absolute Gasteiger partial charge is 0.401 e. The minimum atomic E-state index is -0.0281. The first kappa shape index (κ1) is 15.8. The van der Waals surface area contributed by atoms with Crippen LogP contribution in [0.15, 0.2) is 42.1 Å². The quantitative estimate of drug-likeness (QED) is 0.645. The molecule has 0 radical (unpaired) electrons. The van der Waals surface area contributed by atoms with E-state index >= 15 is 0 Å². The average Bonchev–Trinajstić information content (AvgIpc) is 2.47. The van der Waals surface area contributed by atoms with Gasteiger partial charge in [-0.05, 0) is 31.1 Å². The summed E-state index contributed by atoms with van der Waals surface area (Å²) in [4.78, 5) is 12.0. The molecule has 0 heterocycles. The Hall–Kier alpha value is -1.61. The Morgan fingerprint density at radius 1 is 1.29 bits per heavy atom. The van der Waals surface area contributed by atoms with Crippen molar-refractivity contribution in [2.75, 3.05) is 6.54 Å². The van der Waals surface area contributed by atoms with Gasteiger partial charge in [-0.15, -0.1) is 0 Å². The lowest BCUT2D eigenvalue weighted by molar-refractivity contribution is 0.104. The summed E-state index contributed by atoms with van der Waals surface area (Å²) in [6.07, 6.45) is 6.41. The van der Waals surface area contributed by atoms with Crippen LogP contribution >= 0.6 is 0 Å². The summed E-state index contributed by atoms with van der Waals surface area (Å²) in [5.41, 5.74) is 7.72. The maximum Gasteiger partial charge on any atom is 0.187 e. The van der Waals surface area contributed by atoms with Crippen molar-refractivity contribution >= 4 is 5.78 Å². The van der Waals surface area contributed by atoms with E-state index in [1.807, 2.05) is 30.3 Å². The van der Waals surface area contributed by atoms with Gasteiger partial charge in [0.2, 0.25) is 0 Å². The molecule has 1 aliphatic rings. The van der Waals surface area contributed by atoms with Crippen LogP contribution in [0.3, 0.4) is 0 Å². The summed E-state index contributed by atoms with van der Waals surface area (Å²) >= 11 is 0. The number of allylic oxidation sites excluding steroid dienone is 1. The Labute approximate surface area is 127 Å². The lowest BCUT2D eigenvalue weighted by atomic mass is 9.75. The highest BCUT2D eigenvalue weighted by atomic mass is 16.1. The predicted octanol–water partition coefficient (Wildman–Crippen LogP) is 3.27. The van der Waals surface area contributed by atoms with Gasteiger partial charge in [0.05, 0.1) is 0 Å². The zero-order valence-corrected chi connectivity index (χ0v) is 13.1. The van der Waals surface area contributed by atoms with Crippen LogP contribution in [-0.2, 0) is 0 Å². The second-order valence-electron chi connectivity index (χ2n) is 6.77. The molecule has 1 aliphatic carbocycles. The third-order valence-electron chi connectivity index (χ3n) is 4.31. The molecule has 1 saturated carbocycles. The minimum absolute atomic E-state index is 0.0281. The predicted molar refractivity (Wildman–Crippen MR) is 87.1 cm³/mol. The zero-order chi connectivity index (χ0) is 15.3. The van der Waals surface area contributed by atoms with Crippen LogP contribution in [-0.4, -0.2) is 18.4 Å². The molecule has 0 atom stereocenters. The Morgan fingerprint density at radius 3 is 2.52 bits per heavy atom. The first-order chi connectivity index (χ1) is 9.96. The highest BCUT2D eigenvalue weighted by Crippen LogP contribution is 2.34. The maximum absolute atomic E-state index is 12.0. The van der Waals surface area contributed by atoms with Gasteiger partial charge in [-0.2, -0.15) is 0 Å². The van der Waals surface area contributed by atoms with Gasteiger partial charge >= 0.3 is 0 Å². The van der Waals surface area contributed by atoms with Crippen LogP contribution in [0.4, 0.5) is 0 Å². The average molecular weight is 286 g/mol. The summed E-state index contributed by atoms with van der Waals surface area (Å²) in [5.74, 6) is -0.0281. The molecule has 1 aromatic carbocycles. The number of rotatable bonds is 5. The van der Waals surface area contributed by atoms with Gasteiger partial charge in [0.1, 0.15) is 0 Å². The maximum atomic E-state index is 12.0. The molecular formula is C18H26N2O. The Balaban J connectivity index is 1.81. The van der Waals surface area contributed by atoms with E-state index in [-0.39, 0.29) is 5.78 Å². The topological polar surface area (TPSA) is 55.1 Å². The van der Waals surface area contributed by atoms with Crippen LogP contribution in [0.1, 0.15) is 49.9 Å². The molecule has 3 nitrogen and oxygen atoms in total. The molecule has 0 bridgehead atoms. The minimum Gasteiger partial charge on any atom is -0.401 e. The number of carbonyl (C=O) groups is 1. The van der Waals surface area contributed by atoms with E-state index in [1.165, 1.54) is 31.8 Å². The number of nitrogens with two attached hydrogens (primary N) is 1. The molecule has 0 saturated heterocycles. The molecule has 0 spiro atoms. The number of hydrogen-bond acceptors (Lipinski definition) is 3. The van der Waals surface area contributed by atoms with Crippen molar-refractivity contribution in [3.8, 4) is 0 Å². The van der Waals surface area contributed by atoms with Crippen molar-refractivity contribution in [2.45, 2.75) is 45.6 Å². The molecule has 3 N–H and O–H groups in total. The molecule has 0 unspecified atom stereocenters. The first-order valence-electron chi connectivity index (χ1n) is 7.75. The van der Waals surface area contributed by atoms with Crippen LogP contribution in [0.25, 0.3) is 0 Å². The van der Waals surface area contributed by atoms with E-state index in [9.17, 15) is 4.79 Å². The van der Waals surface area contributed by atoms with Crippen LogP contribution in [0, 0.1) is 5.41 Å². The van der Waals surface area contributed by atoms with E-state index in [0.29, 0.717) is 29.3 Å². The normalized spacial score (nSPS) is 19.4. The number of nitrogens with one attached hydrogen (secondary N) is 1. The summed E-state index contributed by atoms with van der Waals surface area (Å²) in [6.45, 7) is 5.25. The van der Waals surface area contributed by atoms with Crippen molar-refractivity contribution in [1.29, 1.82) is 0 Å². The van der Waals surface area contributed by atoms with Gasteiger partial charge in [-0.25, -0.2) is 0 Å². The monoisotopic (exact) mass is 286 g/mol. The van der Waals surface area contributed by atoms with Gasteiger partial charge in [0.15, 0.2) is 5.78 Å². The fourth-order valence-electron chi connectivity index (χ4n) is 2.77. The molecule has 21 heavy (non-hydrogen) atoms. The molecule has 1 fully saturated rings. The molecule has 1 aromatic rings. The fraction of sp³-hybridized carbons (Fsp3) is 0.500. The van der Waals surface area contributed by atoms with Gasteiger partial charge in [-0.3, -0.25) is 4.79 Å². The third-order valence-corrected chi connectivity index (χ3v) is 4.31. The van der Waals surface area contributed by atoms with E-state index < -0.39 is 0 Å². The molecule has 114 valence electrons. The standard InChI is InChI=1S/C18H26N2O/c1-18(2)10-8-16(9-11-18)20-13-15(19)12-17(21)14-6-4-3-5-7-14/h3-7,12,16,20H,8-11,13,19H2,1-2H3/b15-12-. The van der Waals surface area contributed by atoms with Crippen molar-refractivity contribution in [2.24, 2.45) is 11.1 Å². The molecule has 0 amide bonds. The van der Waals surface area contributed by atoms with Crippen LogP contribution < -0.4 is 11.1 Å². The smallest absolute Gasteiger partial charge is 0.187 e. The van der Waals surface area contributed by atoms with Crippen LogP contribution in [0.5, 0.6) is 0 Å². The highest BCUT2D eigenvalue weighted by molar-refractivity contribution is 6.04. The number of benzene rings is 1. The summed E-state index contributed by atoms with van der Waals surface area (Å²) in [5, 5.41) is 3.47. The van der Waals surface area contributed by atoms with E-state index in [2.05, 4.69) is 19.2 Å². The lowest BCUT2D eigenvalue weighted by Gasteiger charge is -2.34. The summed E-state index contributed by atoms with van der Waals surface area (Å²) in [7, 11) is 0. The van der Waals surface area contributed by atoms with E-state index in [0.717, 1.165) is 0 Å². The summed E-state index contributed by atoms with van der Waals surface area (Å²) < 4.78 is 0. The second kappa shape index (κ2) is 6.90. The fourth-order valence-corrected chi connectivity index (χ4v) is 2.77. The van der Waals surface area contributed by atoms with Crippen molar-refractivity contribution < 1.29 is 4.79 Å². The molecule has 3 heteroatoms. The number of ketones is 1. The number of carbonyl (C=O) groups excluding carboxylic acids is 1. The Morgan fingerprint density at radius 2 is 1.90 bits per heavy atom. The highest BCUT2D eigenvalue weighted by Gasteiger charge is 2.26. The Bertz CT molecular complexity index is 495. The van der Waals surface area contributed by atoms with Crippen LogP contribution in [0.2, 0.25) is 0 Å². The van der Waals surface area contributed by atoms with Crippen molar-refractivity contribution in [3.63, 3.8) is 0 Å². The third kappa shape index (κ3) is 5.01. The lowest BCUT2D eigenvalue weighted by Crippen LogP contribution is -2.37. The summed E-state index contributed by atoms with van der Waals surface area (Å²) in [6, 6.07) is 9.76. The van der Waals surface area contributed by atoms with Crippen molar-refractivity contribution in [3.05, 3.63) is 47.7 Å². The van der Waals surface area contributed by atoms with E-state index in [4.69, 9.17) is 5.73 Å². The Kier molecular flexibility index (Phi) is 5.18. The number of hydrogen-bond donors (Lipinski definition) is 2. The van der Waals surface area contributed by atoms with Gasteiger partial charge in [-0.1, -0.05) is 44.2 Å². The van der Waals surface area contributed by atoms with E-state index in [1.54, 1.807) is 0 Å². The van der Waals surface area contributed by atoms with Crippen molar-refractivity contribution in [1.82, 2.24) is 5.32 Å². The first-order valence-corrected chi connectivity index (χ1v) is 7.75. The molecule has 2 rings (SSSR count). The SMILES string of the molecule is CC1(C)CCC(NC/C(N)=C/C(=O)c2ccccc2)CC1. The van der Waals surface area contributed by atoms with Gasteiger partial charge in [0, 0.05) is 29.9 Å². The van der Waals surface area contributed by atoms with Gasteiger partial charge in [0.25, 0.3) is 0 Å².